The van der Waals surface area contributed by atoms with Crippen molar-refractivity contribution in [1.29, 1.82) is 0 Å². The van der Waals surface area contributed by atoms with E-state index in [1.54, 1.807) is 0 Å². The van der Waals surface area contributed by atoms with Gasteiger partial charge in [0.25, 0.3) is 5.56 Å². The Morgan fingerprint density at radius 3 is 2.52 bits per heavy atom. The molecule has 1 fully saturated rings. The molecule has 1 aliphatic rings. The van der Waals surface area contributed by atoms with Crippen LogP contribution in [0.4, 0.5) is 39.4 Å². The van der Waals surface area contributed by atoms with E-state index in [2.05, 4.69) is 20.6 Å². The third-order valence-electron chi connectivity index (χ3n) is 5.60. The van der Waals surface area contributed by atoms with Gasteiger partial charge in [0.2, 0.25) is 5.95 Å². The van der Waals surface area contributed by atoms with Crippen molar-refractivity contribution in [3.05, 3.63) is 52.6 Å². The summed E-state index contributed by atoms with van der Waals surface area (Å²) in [7, 11) is 0. The number of nitrogens with zero attached hydrogens (tertiary/aromatic N) is 3. The number of hydrogen-bond acceptors (Lipinski definition) is 6. The summed E-state index contributed by atoms with van der Waals surface area (Å²) in [6, 6.07) is 5.51. The van der Waals surface area contributed by atoms with Gasteiger partial charge in [0.15, 0.2) is 0 Å². The molecule has 12 heteroatoms. The van der Waals surface area contributed by atoms with Crippen LogP contribution in [-0.4, -0.2) is 26.6 Å². The van der Waals surface area contributed by atoms with Gasteiger partial charge in [0.05, 0.1) is 0 Å². The summed E-state index contributed by atoms with van der Waals surface area (Å²) >= 11 is 0. The van der Waals surface area contributed by atoms with Crippen LogP contribution >= 0.6 is 0 Å². The minimum atomic E-state index is -4.64. The highest BCUT2D eigenvalue weighted by Gasteiger charge is 2.36. The zero-order valence-corrected chi connectivity index (χ0v) is 17.2. The molecule has 0 aliphatic heterocycles. The second-order valence-corrected chi connectivity index (χ2v) is 7.94. The number of anilines is 3. The Hall–Kier alpha value is -3.28. The summed E-state index contributed by atoms with van der Waals surface area (Å²) in [4.78, 5) is 19.9. The third-order valence-corrected chi connectivity index (χ3v) is 5.60. The van der Waals surface area contributed by atoms with E-state index in [-0.39, 0.29) is 29.2 Å². The Morgan fingerprint density at radius 1 is 1.12 bits per heavy atom. The Balaban J connectivity index is 1.61. The summed E-state index contributed by atoms with van der Waals surface area (Å²) in [5.74, 6) is -0.417. The van der Waals surface area contributed by atoms with Gasteiger partial charge < -0.3 is 16.4 Å². The fourth-order valence-electron chi connectivity index (χ4n) is 3.84. The molecule has 0 spiro atoms. The van der Waals surface area contributed by atoms with Crippen molar-refractivity contribution in [2.75, 3.05) is 10.6 Å². The van der Waals surface area contributed by atoms with Crippen molar-refractivity contribution in [2.45, 2.75) is 50.5 Å². The van der Waals surface area contributed by atoms with Crippen LogP contribution in [-0.2, 0) is 6.18 Å². The lowest BCUT2D eigenvalue weighted by Crippen LogP contribution is -2.33. The second-order valence-electron chi connectivity index (χ2n) is 7.94. The first-order chi connectivity index (χ1) is 15.6. The summed E-state index contributed by atoms with van der Waals surface area (Å²) in [5, 5.41) is 6.14. The normalized spacial score (nSPS) is 19.1. The van der Waals surface area contributed by atoms with Gasteiger partial charge in [-0.3, -0.25) is 9.36 Å². The predicted octanol–water partition coefficient (Wildman–Crippen LogP) is 4.63. The largest absolute Gasteiger partial charge is 0.421 e. The first-order valence-electron chi connectivity index (χ1n) is 10.3. The van der Waals surface area contributed by atoms with E-state index in [0.29, 0.717) is 47.5 Å². The maximum Gasteiger partial charge on any atom is 0.421 e. The molecule has 0 bridgehead atoms. The molecule has 7 nitrogen and oxygen atoms in total. The molecule has 4 N–H and O–H groups in total. The third kappa shape index (κ3) is 5.05. The molecule has 0 saturated heterocycles. The Kier molecular flexibility index (Phi) is 6.19. The molecule has 0 atom stereocenters. The molecule has 1 aromatic carbocycles. The molecule has 1 aliphatic carbocycles. The SMILES string of the molecule is NC1CCC(Nc2nc(Nc3ccc4c(=O)n(C(F)F)ccc4c3)ncc2C(F)(F)F)CC1. The molecule has 0 unspecified atom stereocenters. The molecular weight excluding hydrogens is 447 g/mol. The predicted molar refractivity (Wildman–Crippen MR) is 114 cm³/mol. The van der Waals surface area contributed by atoms with Crippen molar-refractivity contribution < 1.29 is 22.0 Å². The lowest BCUT2D eigenvalue weighted by atomic mass is 9.92. The van der Waals surface area contributed by atoms with Gasteiger partial charge in [-0.05, 0) is 55.3 Å². The number of pyridine rings is 1. The average molecular weight is 468 g/mol. The molecule has 0 radical (unpaired) electrons. The average Bonchev–Trinajstić information content (AvgIpc) is 2.74. The van der Waals surface area contributed by atoms with Crippen LogP contribution in [0.2, 0.25) is 0 Å². The molecule has 4 rings (SSSR count). The van der Waals surface area contributed by atoms with Gasteiger partial charge in [0.1, 0.15) is 11.4 Å². The Bertz CT molecular complexity index is 1200. The topological polar surface area (TPSA) is 97.9 Å². The van der Waals surface area contributed by atoms with Gasteiger partial charge in [0, 0.05) is 35.6 Å². The number of nitrogens with two attached hydrogens (primary N) is 1. The number of nitrogens with one attached hydrogen (secondary N) is 2. The van der Waals surface area contributed by atoms with E-state index < -0.39 is 23.8 Å². The number of fused-ring (bicyclic) bond motifs is 1. The lowest BCUT2D eigenvalue weighted by Gasteiger charge is -2.28. The van der Waals surface area contributed by atoms with Crippen LogP contribution in [0.15, 0.2) is 41.5 Å². The molecule has 0 amide bonds. The van der Waals surface area contributed by atoms with E-state index in [0.717, 1.165) is 6.20 Å². The van der Waals surface area contributed by atoms with E-state index >= 15 is 0 Å². The molecule has 1 saturated carbocycles. The maximum absolute atomic E-state index is 13.5. The van der Waals surface area contributed by atoms with E-state index in [9.17, 15) is 26.7 Å². The van der Waals surface area contributed by atoms with Gasteiger partial charge in [-0.25, -0.2) is 4.98 Å². The highest BCUT2D eigenvalue weighted by molar-refractivity contribution is 5.85. The summed E-state index contributed by atoms with van der Waals surface area (Å²) in [6.45, 7) is -2.97. The zero-order chi connectivity index (χ0) is 23.8. The monoisotopic (exact) mass is 468 g/mol. The molecule has 33 heavy (non-hydrogen) atoms. The highest BCUT2D eigenvalue weighted by atomic mass is 19.4. The number of rotatable bonds is 5. The van der Waals surface area contributed by atoms with Gasteiger partial charge in [-0.1, -0.05) is 0 Å². The number of hydrogen-bond donors (Lipinski definition) is 3. The van der Waals surface area contributed by atoms with Crippen LogP contribution in [0.5, 0.6) is 0 Å². The van der Waals surface area contributed by atoms with Crippen LogP contribution < -0.4 is 21.9 Å². The lowest BCUT2D eigenvalue weighted by molar-refractivity contribution is -0.137. The summed E-state index contributed by atoms with van der Waals surface area (Å²) in [6.07, 6.45) is -0.281. The number of aromatic nitrogens is 3. The van der Waals surface area contributed by atoms with Gasteiger partial charge >= 0.3 is 12.7 Å². The van der Waals surface area contributed by atoms with Gasteiger partial charge in [-0.2, -0.15) is 26.9 Å². The smallest absolute Gasteiger partial charge is 0.367 e. The Labute approximate surface area is 184 Å². The van der Waals surface area contributed by atoms with Crippen molar-refractivity contribution in [3.63, 3.8) is 0 Å². The van der Waals surface area contributed by atoms with Crippen molar-refractivity contribution in [3.8, 4) is 0 Å². The number of benzene rings is 1. The number of alkyl halides is 5. The maximum atomic E-state index is 13.5. The minimum absolute atomic E-state index is 0.0467. The quantitative estimate of drug-likeness (QED) is 0.473. The Morgan fingerprint density at radius 2 is 1.85 bits per heavy atom. The number of halogens is 5. The van der Waals surface area contributed by atoms with Crippen molar-refractivity contribution >= 4 is 28.2 Å². The fourth-order valence-corrected chi connectivity index (χ4v) is 3.84. The molecule has 176 valence electrons. The first-order valence-corrected chi connectivity index (χ1v) is 10.3. The first kappa shape index (κ1) is 22.9. The summed E-state index contributed by atoms with van der Waals surface area (Å²) in [5.41, 5.74) is 4.42. The van der Waals surface area contributed by atoms with E-state index in [1.165, 1.54) is 24.3 Å². The molecule has 2 heterocycles. The van der Waals surface area contributed by atoms with Crippen molar-refractivity contribution in [1.82, 2.24) is 14.5 Å². The van der Waals surface area contributed by atoms with Gasteiger partial charge in [-0.15, -0.1) is 0 Å². The van der Waals surface area contributed by atoms with Crippen LogP contribution in [0.1, 0.15) is 37.8 Å². The second kappa shape index (κ2) is 8.93. The standard InChI is InChI=1S/C21H21F5N6O/c22-19(23)32-8-7-11-9-14(5-6-15(11)18(32)33)30-20-28-10-16(21(24,25)26)17(31-20)29-13-3-1-12(27)2-4-13/h5-10,12-13,19H,1-4,27H2,(H2,28,29,30,31). The van der Waals surface area contributed by atoms with Crippen LogP contribution in [0.25, 0.3) is 10.8 Å². The minimum Gasteiger partial charge on any atom is -0.367 e. The molecule has 2 aromatic heterocycles. The molecular formula is C21H21F5N6O. The van der Waals surface area contributed by atoms with Crippen LogP contribution in [0, 0.1) is 0 Å². The summed E-state index contributed by atoms with van der Waals surface area (Å²) < 4.78 is 66.6. The molecule has 3 aromatic rings. The van der Waals surface area contributed by atoms with E-state index in [4.69, 9.17) is 5.73 Å². The van der Waals surface area contributed by atoms with Crippen molar-refractivity contribution in [2.24, 2.45) is 5.73 Å². The van der Waals surface area contributed by atoms with E-state index in [1.807, 2.05) is 0 Å². The highest BCUT2D eigenvalue weighted by Crippen LogP contribution is 2.35. The fraction of sp³-hybridized carbons (Fsp3) is 0.381. The zero-order valence-electron chi connectivity index (χ0n) is 17.2. The van der Waals surface area contributed by atoms with Crippen LogP contribution in [0.3, 0.4) is 0 Å².